The maximum atomic E-state index is 13.9. The highest BCUT2D eigenvalue weighted by Crippen LogP contribution is 2.30. The van der Waals surface area contributed by atoms with Gasteiger partial charge in [0.2, 0.25) is 0 Å². The Labute approximate surface area is 209 Å². The van der Waals surface area contributed by atoms with Crippen LogP contribution in [0.2, 0.25) is 0 Å². The highest BCUT2D eigenvalue weighted by atomic mass is 32.2. The number of sulfonamides is 1. The Morgan fingerprint density at radius 2 is 1.25 bits per heavy atom. The molecular weight excluding hydrogens is 478 g/mol. The minimum absolute atomic E-state index is 0.0289. The van der Waals surface area contributed by atoms with Crippen LogP contribution in [0.4, 0.5) is 5.69 Å². The second-order valence-corrected chi connectivity index (χ2v) is 9.89. The van der Waals surface area contributed by atoms with Crippen molar-refractivity contribution in [1.82, 2.24) is 9.97 Å². The lowest BCUT2D eigenvalue weighted by Gasteiger charge is -2.24. The Bertz CT molecular complexity index is 1520. The van der Waals surface area contributed by atoms with Crippen molar-refractivity contribution in [2.45, 2.75) is 25.7 Å². The number of rotatable bonds is 6. The molecule has 0 aliphatic rings. The summed E-state index contributed by atoms with van der Waals surface area (Å²) < 4.78 is 33.9. The maximum Gasteiger partial charge on any atom is 0.343 e. The lowest BCUT2D eigenvalue weighted by atomic mass is 10.1. The number of carbonyl (C=O) groups is 2. The van der Waals surface area contributed by atoms with E-state index in [4.69, 9.17) is 4.74 Å². The van der Waals surface area contributed by atoms with Crippen LogP contribution < -0.4 is 9.04 Å². The lowest BCUT2D eigenvalue weighted by Crippen LogP contribution is -2.37. The summed E-state index contributed by atoms with van der Waals surface area (Å²) in [6, 6.07) is 15.0. The van der Waals surface area contributed by atoms with Crippen LogP contribution in [-0.2, 0) is 10.0 Å². The van der Waals surface area contributed by atoms with Crippen LogP contribution in [0, 0.1) is 20.8 Å². The molecule has 4 rings (SSSR count). The average molecular weight is 502 g/mol. The third kappa shape index (κ3) is 5.01. The van der Waals surface area contributed by atoms with E-state index >= 15 is 0 Å². The molecule has 2 heterocycles. The van der Waals surface area contributed by atoms with Crippen molar-refractivity contribution >= 4 is 27.6 Å². The van der Waals surface area contributed by atoms with Crippen LogP contribution in [0.15, 0.2) is 90.3 Å². The van der Waals surface area contributed by atoms with E-state index in [1.54, 1.807) is 19.1 Å². The second-order valence-electron chi connectivity index (χ2n) is 8.13. The molecule has 0 N–H and O–H groups in total. The molecule has 0 aliphatic heterocycles. The molecule has 9 heteroatoms. The number of benzene rings is 2. The fourth-order valence-electron chi connectivity index (χ4n) is 3.59. The number of ether oxygens (including phenoxy) is 1. The fraction of sp³-hybridized carbons (Fsp3) is 0.111. The molecule has 4 aromatic rings. The summed E-state index contributed by atoms with van der Waals surface area (Å²) in [4.78, 5) is 33.7. The summed E-state index contributed by atoms with van der Waals surface area (Å²) in [6.07, 6.45) is 5.78. The van der Waals surface area contributed by atoms with Crippen LogP contribution in [0.1, 0.15) is 37.4 Å². The summed E-state index contributed by atoms with van der Waals surface area (Å²) in [5, 5.41) is 0. The molecule has 2 aromatic carbocycles. The van der Waals surface area contributed by atoms with Crippen LogP contribution in [0.5, 0.6) is 5.75 Å². The van der Waals surface area contributed by atoms with E-state index in [1.807, 2.05) is 13.8 Å². The quantitative estimate of drug-likeness (QED) is 0.279. The second kappa shape index (κ2) is 10.1. The molecule has 0 unspecified atom stereocenters. The van der Waals surface area contributed by atoms with Crippen molar-refractivity contribution < 1.29 is 22.7 Å². The van der Waals surface area contributed by atoms with Crippen molar-refractivity contribution in [3.63, 3.8) is 0 Å². The van der Waals surface area contributed by atoms with Crippen molar-refractivity contribution in [2.24, 2.45) is 0 Å². The van der Waals surface area contributed by atoms with Crippen LogP contribution >= 0.6 is 0 Å². The van der Waals surface area contributed by atoms with Gasteiger partial charge in [-0.3, -0.25) is 14.8 Å². The molecule has 0 fully saturated rings. The number of anilines is 1. The van der Waals surface area contributed by atoms with Crippen molar-refractivity contribution in [1.29, 1.82) is 0 Å². The van der Waals surface area contributed by atoms with Crippen LogP contribution in [0.3, 0.4) is 0 Å². The Hall–Kier alpha value is -4.37. The Morgan fingerprint density at radius 3 is 1.83 bits per heavy atom. The van der Waals surface area contributed by atoms with Gasteiger partial charge >= 0.3 is 5.97 Å². The van der Waals surface area contributed by atoms with Crippen LogP contribution in [0.25, 0.3) is 0 Å². The maximum absolute atomic E-state index is 13.9. The van der Waals surface area contributed by atoms with Gasteiger partial charge in [-0.15, -0.1) is 0 Å². The van der Waals surface area contributed by atoms with Crippen molar-refractivity contribution in [3.8, 4) is 5.75 Å². The third-order valence-corrected chi connectivity index (χ3v) is 7.47. The molecule has 0 aliphatic carbocycles. The molecular formula is C27H23N3O5S. The van der Waals surface area contributed by atoms with E-state index < -0.39 is 21.9 Å². The topological polar surface area (TPSA) is 107 Å². The first-order valence-electron chi connectivity index (χ1n) is 11.0. The van der Waals surface area contributed by atoms with E-state index in [0.29, 0.717) is 11.1 Å². The Kier molecular flexibility index (Phi) is 6.93. The Balaban J connectivity index is 1.75. The standard InChI is InChI=1S/C27H23N3O5S/c1-18-16-20(3)25(17-19(18)2)36(33,34)30(26(31)21-8-12-28-13-9-21)23-4-6-24(7-5-23)35-27(32)22-10-14-29-15-11-22/h4-17H,1-3H3. The highest BCUT2D eigenvalue weighted by molar-refractivity contribution is 7.93. The number of amides is 1. The van der Waals surface area contributed by atoms with Gasteiger partial charge in [0.1, 0.15) is 5.75 Å². The number of hydrogen-bond donors (Lipinski definition) is 0. The number of carbonyl (C=O) groups excluding carboxylic acids is 2. The zero-order valence-electron chi connectivity index (χ0n) is 19.9. The summed E-state index contributed by atoms with van der Waals surface area (Å²) in [5.74, 6) is -1.14. The van der Waals surface area contributed by atoms with E-state index in [1.165, 1.54) is 73.3 Å². The van der Waals surface area contributed by atoms with Gasteiger partial charge in [0, 0.05) is 30.4 Å². The van der Waals surface area contributed by atoms with Gasteiger partial charge in [-0.05, 0) is 92.1 Å². The molecule has 0 saturated heterocycles. The monoisotopic (exact) mass is 501 g/mol. The predicted octanol–water partition coefficient (Wildman–Crippen LogP) is 4.66. The molecule has 36 heavy (non-hydrogen) atoms. The van der Waals surface area contributed by atoms with Crippen molar-refractivity contribution in [3.05, 3.63) is 113 Å². The predicted molar refractivity (Wildman–Crippen MR) is 135 cm³/mol. The molecule has 2 aromatic heterocycles. The van der Waals surface area contributed by atoms with E-state index in [9.17, 15) is 18.0 Å². The number of hydrogen-bond acceptors (Lipinski definition) is 7. The van der Waals surface area contributed by atoms with E-state index in [0.717, 1.165) is 15.4 Å². The first kappa shape index (κ1) is 24.7. The van der Waals surface area contributed by atoms with Gasteiger partial charge in [0.25, 0.3) is 15.9 Å². The minimum Gasteiger partial charge on any atom is -0.423 e. The molecule has 0 saturated carbocycles. The van der Waals surface area contributed by atoms with Gasteiger partial charge in [-0.25, -0.2) is 13.2 Å². The van der Waals surface area contributed by atoms with E-state index in [-0.39, 0.29) is 21.9 Å². The lowest BCUT2D eigenvalue weighted by molar-refractivity contribution is 0.0734. The zero-order chi connectivity index (χ0) is 25.9. The highest BCUT2D eigenvalue weighted by Gasteiger charge is 2.33. The number of nitrogens with zero attached hydrogens (tertiary/aromatic N) is 3. The molecule has 0 radical (unpaired) electrons. The summed E-state index contributed by atoms with van der Waals surface area (Å²) in [6.45, 7) is 5.40. The summed E-state index contributed by atoms with van der Waals surface area (Å²) in [5.41, 5.74) is 2.82. The minimum atomic E-state index is -4.30. The van der Waals surface area contributed by atoms with Gasteiger partial charge < -0.3 is 4.74 Å². The largest absolute Gasteiger partial charge is 0.423 e. The third-order valence-electron chi connectivity index (χ3n) is 5.62. The molecule has 182 valence electrons. The van der Waals surface area contributed by atoms with Gasteiger partial charge in [-0.2, -0.15) is 4.31 Å². The Morgan fingerprint density at radius 1 is 0.722 bits per heavy atom. The number of aryl methyl sites for hydroxylation is 3. The van der Waals surface area contributed by atoms with Gasteiger partial charge in [0.15, 0.2) is 0 Å². The zero-order valence-corrected chi connectivity index (χ0v) is 20.7. The molecule has 0 spiro atoms. The van der Waals surface area contributed by atoms with Gasteiger partial charge in [0.05, 0.1) is 16.1 Å². The smallest absolute Gasteiger partial charge is 0.343 e. The van der Waals surface area contributed by atoms with Gasteiger partial charge in [-0.1, -0.05) is 6.07 Å². The average Bonchev–Trinajstić information content (AvgIpc) is 2.88. The number of esters is 1. The fourth-order valence-corrected chi connectivity index (χ4v) is 5.30. The molecule has 1 amide bonds. The number of aromatic nitrogens is 2. The first-order chi connectivity index (χ1) is 17.2. The molecule has 0 atom stereocenters. The summed E-state index contributed by atoms with van der Waals surface area (Å²) >= 11 is 0. The normalized spacial score (nSPS) is 11.1. The van der Waals surface area contributed by atoms with Crippen molar-refractivity contribution in [2.75, 3.05) is 4.31 Å². The van der Waals surface area contributed by atoms with E-state index in [2.05, 4.69) is 9.97 Å². The van der Waals surface area contributed by atoms with Crippen LogP contribution in [-0.4, -0.2) is 30.3 Å². The SMILES string of the molecule is Cc1cc(C)c(S(=O)(=O)N(C(=O)c2ccncc2)c2ccc(OC(=O)c3ccncc3)cc2)cc1C. The molecule has 8 nitrogen and oxygen atoms in total. The number of pyridine rings is 2. The first-order valence-corrected chi connectivity index (χ1v) is 12.4. The molecule has 0 bridgehead atoms. The summed E-state index contributed by atoms with van der Waals surface area (Å²) in [7, 11) is -4.30.